The Morgan fingerprint density at radius 1 is 1.23 bits per heavy atom. The molecule has 1 N–H and O–H groups in total. The molecular weight excluding hydrogens is 346 g/mol. The van der Waals surface area contributed by atoms with E-state index in [1.54, 1.807) is 12.4 Å². The molecule has 1 aromatic carbocycles. The highest BCUT2D eigenvalue weighted by Gasteiger charge is 2.00. The third-order valence-electron chi connectivity index (χ3n) is 2.72. The number of hydrogen-bond acceptors (Lipinski definition) is 4. The minimum atomic E-state index is -0.416. The number of rotatable bonds is 6. The fourth-order valence-corrected chi connectivity index (χ4v) is 1.85. The summed E-state index contributed by atoms with van der Waals surface area (Å²) in [6.07, 6.45) is 7.37. The maximum Gasteiger partial charge on any atom is 0.407 e. The highest BCUT2D eigenvalue weighted by Crippen LogP contribution is 2.04. The van der Waals surface area contributed by atoms with Crippen molar-refractivity contribution in [3.05, 3.63) is 64.7 Å². The van der Waals surface area contributed by atoms with Crippen LogP contribution in [0, 0.1) is 0 Å². The summed E-state index contributed by atoms with van der Waals surface area (Å²) >= 11 is 3.23. The molecule has 1 aromatic heterocycles. The number of nitrogens with zero attached hydrogens (tertiary/aromatic N) is 2. The number of aromatic nitrogens is 2. The molecule has 0 radical (unpaired) electrons. The van der Waals surface area contributed by atoms with Crippen LogP contribution < -0.4 is 5.32 Å². The standard InChI is InChI=1S/C16H16BrN3O2/c17-15-11-19-14(10-20-15)8-4-5-9-18-16(21)22-12-13-6-2-1-3-7-13/h1-4,6-8,10-11H,5,9,12H2,(H,18,21). The molecule has 0 bridgehead atoms. The second-order valence-corrected chi connectivity index (χ2v) is 5.26. The Hall–Kier alpha value is -2.21. The lowest BCUT2D eigenvalue weighted by atomic mass is 10.2. The number of ether oxygens (including phenoxy) is 1. The average molecular weight is 362 g/mol. The first-order valence-corrected chi connectivity index (χ1v) is 7.62. The zero-order chi connectivity index (χ0) is 15.6. The van der Waals surface area contributed by atoms with E-state index in [2.05, 4.69) is 31.2 Å². The van der Waals surface area contributed by atoms with Crippen LogP contribution in [-0.2, 0) is 11.3 Å². The second kappa shape index (κ2) is 8.94. The number of amides is 1. The van der Waals surface area contributed by atoms with Crippen molar-refractivity contribution in [2.24, 2.45) is 0 Å². The molecule has 114 valence electrons. The molecule has 0 saturated heterocycles. The lowest BCUT2D eigenvalue weighted by molar-refractivity contribution is 0.140. The van der Waals surface area contributed by atoms with Crippen LogP contribution in [0.3, 0.4) is 0 Å². The van der Waals surface area contributed by atoms with Crippen molar-refractivity contribution >= 4 is 28.1 Å². The van der Waals surface area contributed by atoms with Crippen molar-refractivity contribution in [1.29, 1.82) is 0 Å². The van der Waals surface area contributed by atoms with Gasteiger partial charge in [0.15, 0.2) is 0 Å². The summed E-state index contributed by atoms with van der Waals surface area (Å²) in [5.74, 6) is 0. The second-order valence-electron chi connectivity index (χ2n) is 4.44. The molecule has 0 unspecified atom stereocenters. The Kier molecular flexibility index (Phi) is 6.57. The van der Waals surface area contributed by atoms with Crippen molar-refractivity contribution in [1.82, 2.24) is 15.3 Å². The first-order chi connectivity index (χ1) is 10.7. The molecule has 0 atom stereocenters. The highest BCUT2D eigenvalue weighted by atomic mass is 79.9. The van der Waals surface area contributed by atoms with Gasteiger partial charge in [-0.1, -0.05) is 36.4 Å². The average Bonchev–Trinajstić information content (AvgIpc) is 2.55. The van der Waals surface area contributed by atoms with Gasteiger partial charge in [0, 0.05) is 6.54 Å². The summed E-state index contributed by atoms with van der Waals surface area (Å²) < 4.78 is 5.81. The number of alkyl carbamates (subject to hydrolysis) is 1. The van der Waals surface area contributed by atoms with E-state index in [-0.39, 0.29) is 6.61 Å². The number of carbonyl (C=O) groups is 1. The zero-order valence-electron chi connectivity index (χ0n) is 11.9. The third kappa shape index (κ3) is 6.05. The zero-order valence-corrected chi connectivity index (χ0v) is 13.5. The van der Waals surface area contributed by atoms with Crippen LogP contribution in [0.15, 0.2) is 53.4 Å². The normalized spacial score (nSPS) is 10.6. The molecule has 0 aliphatic heterocycles. The Morgan fingerprint density at radius 2 is 2.05 bits per heavy atom. The van der Waals surface area contributed by atoms with Crippen LogP contribution >= 0.6 is 15.9 Å². The number of carbonyl (C=O) groups excluding carboxylic acids is 1. The molecule has 2 aromatic rings. The van der Waals surface area contributed by atoms with E-state index < -0.39 is 6.09 Å². The van der Waals surface area contributed by atoms with Crippen molar-refractivity contribution < 1.29 is 9.53 Å². The molecule has 22 heavy (non-hydrogen) atoms. The minimum Gasteiger partial charge on any atom is -0.445 e. The van der Waals surface area contributed by atoms with Gasteiger partial charge in [-0.3, -0.25) is 4.98 Å². The topological polar surface area (TPSA) is 64.1 Å². The molecule has 0 fully saturated rings. The van der Waals surface area contributed by atoms with Gasteiger partial charge in [0.25, 0.3) is 0 Å². The Bertz CT molecular complexity index is 615. The number of hydrogen-bond donors (Lipinski definition) is 1. The van der Waals surface area contributed by atoms with Gasteiger partial charge in [0.1, 0.15) is 11.2 Å². The van der Waals surface area contributed by atoms with E-state index >= 15 is 0 Å². The van der Waals surface area contributed by atoms with Gasteiger partial charge < -0.3 is 10.1 Å². The van der Waals surface area contributed by atoms with Crippen molar-refractivity contribution in [3.8, 4) is 0 Å². The fourth-order valence-electron chi connectivity index (χ4n) is 1.64. The van der Waals surface area contributed by atoms with Crippen molar-refractivity contribution in [2.45, 2.75) is 13.0 Å². The highest BCUT2D eigenvalue weighted by molar-refractivity contribution is 9.10. The molecule has 0 saturated carbocycles. The van der Waals surface area contributed by atoms with Crippen molar-refractivity contribution in [3.63, 3.8) is 0 Å². The smallest absolute Gasteiger partial charge is 0.407 e. The molecule has 1 amide bonds. The fraction of sp³-hybridized carbons (Fsp3) is 0.188. The molecule has 0 aliphatic rings. The van der Waals surface area contributed by atoms with Crippen molar-refractivity contribution in [2.75, 3.05) is 6.54 Å². The largest absolute Gasteiger partial charge is 0.445 e. The minimum absolute atomic E-state index is 0.275. The molecule has 0 aliphatic carbocycles. The first kappa shape index (κ1) is 16.2. The van der Waals surface area contributed by atoms with Gasteiger partial charge in [0.05, 0.1) is 18.1 Å². The van der Waals surface area contributed by atoms with Crippen LogP contribution in [0.2, 0.25) is 0 Å². The maximum atomic E-state index is 11.5. The van der Waals surface area contributed by atoms with E-state index in [0.29, 0.717) is 17.6 Å². The van der Waals surface area contributed by atoms with E-state index in [4.69, 9.17) is 4.74 Å². The van der Waals surface area contributed by atoms with Gasteiger partial charge in [-0.2, -0.15) is 0 Å². The van der Waals surface area contributed by atoms with Crippen LogP contribution in [0.5, 0.6) is 0 Å². The van der Waals surface area contributed by atoms with Crippen LogP contribution in [0.4, 0.5) is 4.79 Å². The maximum absolute atomic E-state index is 11.5. The number of nitrogens with one attached hydrogen (secondary N) is 1. The van der Waals surface area contributed by atoms with Gasteiger partial charge in [0.2, 0.25) is 0 Å². The van der Waals surface area contributed by atoms with Crippen LogP contribution in [0.1, 0.15) is 17.7 Å². The van der Waals surface area contributed by atoms with Crippen LogP contribution in [-0.4, -0.2) is 22.6 Å². The molecular formula is C16H16BrN3O2. The number of halogens is 1. The predicted molar refractivity (Wildman–Crippen MR) is 88.0 cm³/mol. The van der Waals surface area contributed by atoms with Gasteiger partial charge in [-0.15, -0.1) is 0 Å². The van der Waals surface area contributed by atoms with Gasteiger partial charge >= 0.3 is 6.09 Å². The molecule has 1 heterocycles. The Labute approximate surface area is 137 Å². The molecule has 6 heteroatoms. The molecule has 2 rings (SSSR count). The third-order valence-corrected chi connectivity index (χ3v) is 3.13. The summed E-state index contributed by atoms with van der Waals surface area (Å²) in [6.45, 7) is 0.783. The summed E-state index contributed by atoms with van der Waals surface area (Å²) in [6, 6.07) is 9.56. The van der Waals surface area contributed by atoms with E-state index in [1.807, 2.05) is 42.5 Å². The monoisotopic (exact) mass is 361 g/mol. The number of benzene rings is 1. The summed E-state index contributed by atoms with van der Waals surface area (Å²) in [5.41, 5.74) is 1.74. The Morgan fingerprint density at radius 3 is 2.77 bits per heavy atom. The predicted octanol–water partition coefficient (Wildman–Crippen LogP) is 3.57. The summed E-state index contributed by atoms with van der Waals surface area (Å²) in [7, 11) is 0. The van der Waals surface area contributed by atoms with E-state index in [1.165, 1.54) is 0 Å². The SMILES string of the molecule is O=C(NCCC=Cc1cnc(Br)cn1)OCc1ccccc1. The van der Waals surface area contributed by atoms with E-state index in [9.17, 15) is 4.79 Å². The summed E-state index contributed by atoms with van der Waals surface area (Å²) in [5, 5.41) is 2.69. The lowest BCUT2D eigenvalue weighted by Crippen LogP contribution is -2.24. The van der Waals surface area contributed by atoms with Crippen LogP contribution in [0.25, 0.3) is 6.08 Å². The van der Waals surface area contributed by atoms with E-state index in [0.717, 1.165) is 11.3 Å². The quantitative estimate of drug-likeness (QED) is 0.798. The molecule has 5 nitrogen and oxygen atoms in total. The van der Waals surface area contributed by atoms with Gasteiger partial charge in [-0.05, 0) is 34.0 Å². The molecule has 0 spiro atoms. The van der Waals surface area contributed by atoms with Gasteiger partial charge in [-0.25, -0.2) is 9.78 Å². The first-order valence-electron chi connectivity index (χ1n) is 6.82. The lowest BCUT2D eigenvalue weighted by Gasteiger charge is -2.05. The Balaban J connectivity index is 1.61. The summed E-state index contributed by atoms with van der Waals surface area (Å²) in [4.78, 5) is 19.7.